The molecule has 3 rings (SSSR count). The van der Waals surface area contributed by atoms with Gasteiger partial charge in [-0.05, 0) is 38.1 Å². The van der Waals surface area contributed by atoms with E-state index in [0.717, 1.165) is 42.3 Å². The molecule has 0 aromatic heterocycles. The van der Waals surface area contributed by atoms with E-state index in [4.69, 9.17) is 0 Å². The number of hydrogen-bond donors (Lipinski definition) is 2. The number of hydrogen-bond acceptors (Lipinski definition) is 4. The Morgan fingerprint density at radius 3 is 3.14 bits per heavy atom. The highest BCUT2D eigenvalue weighted by Gasteiger charge is 2.24. The Morgan fingerprint density at radius 1 is 1.45 bits per heavy atom. The summed E-state index contributed by atoms with van der Waals surface area (Å²) in [7, 11) is 1.94. The molecule has 6 heteroatoms. The lowest BCUT2D eigenvalue weighted by molar-refractivity contribution is -0.115. The van der Waals surface area contributed by atoms with Gasteiger partial charge in [-0.15, -0.1) is 11.8 Å². The normalized spacial score (nSPS) is 21.8. The highest BCUT2D eigenvalue weighted by Crippen LogP contribution is 2.32. The molecule has 1 aromatic rings. The van der Waals surface area contributed by atoms with Crippen molar-refractivity contribution in [2.75, 3.05) is 31.2 Å². The molecule has 2 aliphatic rings. The van der Waals surface area contributed by atoms with Crippen molar-refractivity contribution in [2.24, 2.45) is 0 Å². The summed E-state index contributed by atoms with van der Waals surface area (Å²) in [4.78, 5) is 27.3. The number of nitrogens with zero attached hydrogens (tertiary/aromatic N) is 1. The van der Waals surface area contributed by atoms with Gasteiger partial charge in [-0.3, -0.25) is 9.59 Å². The van der Waals surface area contributed by atoms with E-state index < -0.39 is 0 Å². The number of anilines is 1. The topological polar surface area (TPSA) is 61.4 Å². The van der Waals surface area contributed by atoms with E-state index in [9.17, 15) is 9.59 Å². The average Bonchev–Trinajstić information content (AvgIpc) is 2.74. The van der Waals surface area contributed by atoms with Crippen molar-refractivity contribution in [3.63, 3.8) is 0 Å². The molecule has 0 aliphatic carbocycles. The summed E-state index contributed by atoms with van der Waals surface area (Å²) >= 11 is 1.66. The lowest BCUT2D eigenvalue weighted by atomic mass is 10.0. The molecule has 1 aromatic carbocycles. The second-order valence-corrected chi connectivity index (χ2v) is 6.87. The van der Waals surface area contributed by atoms with E-state index >= 15 is 0 Å². The fraction of sp³-hybridized carbons (Fsp3) is 0.500. The number of carbonyl (C=O) groups is 2. The van der Waals surface area contributed by atoms with Gasteiger partial charge in [0.2, 0.25) is 5.91 Å². The Balaban J connectivity index is 1.79. The van der Waals surface area contributed by atoms with Crippen molar-refractivity contribution in [3.05, 3.63) is 23.8 Å². The zero-order valence-electron chi connectivity index (χ0n) is 12.7. The van der Waals surface area contributed by atoms with Crippen LogP contribution >= 0.6 is 11.8 Å². The number of likely N-dealkylation sites (tertiary alicyclic amines) is 1. The zero-order chi connectivity index (χ0) is 15.5. The van der Waals surface area contributed by atoms with E-state index in [1.165, 1.54) is 0 Å². The van der Waals surface area contributed by atoms with Gasteiger partial charge in [0.1, 0.15) is 0 Å². The van der Waals surface area contributed by atoms with Crippen LogP contribution in [0.5, 0.6) is 0 Å². The summed E-state index contributed by atoms with van der Waals surface area (Å²) in [5.74, 6) is 0.845. The van der Waals surface area contributed by atoms with Gasteiger partial charge in [0.15, 0.2) is 0 Å². The van der Waals surface area contributed by atoms with E-state index in [1.54, 1.807) is 11.8 Å². The van der Waals surface area contributed by atoms with Crippen LogP contribution in [0.4, 0.5) is 5.69 Å². The molecule has 2 heterocycles. The molecule has 118 valence electrons. The molecule has 1 saturated heterocycles. The lowest BCUT2D eigenvalue weighted by Gasteiger charge is -2.32. The number of thioether (sulfide) groups is 1. The lowest BCUT2D eigenvalue weighted by Crippen LogP contribution is -2.46. The maximum Gasteiger partial charge on any atom is 0.253 e. The SMILES string of the molecule is CNC1CCCN(C(=O)c2ccc3c(c2)NC(=O)CCS3)C1. The average molecular weight is 319 g/mol. The molecule has 0 saturated carbocycles. The monoisotopic (exact) mass is 319 g/mol. The molecule has 1 atom stereocenters. The zero-order valence-corrected chi connectivity index (χ0v) is 13.5. The molecular weight excluding hydrogens is 298 g/mol. The third-order valence-electron chi connectivity index (χ3n) is 4.20. The van der Waals surface area contributed by atoms with E-state index in [1.807, 2.05) is 30.1 Å². The van der Waals surface area contributed by atoms with Gasteiger partial charge in [0.05, 0.1) is 5.69 Å². The Kier molecular flexibility index (Phi) is 4.69. The van der Waals surface area contributed by atoms with Gasteiger partial charge in [-0.2, -0.15) is 0 Å². The van der Waals surface area contributed by atoms with Gasteiger partial charge in [-0.25, -0.2) is 0 Å². The number of likely N-dealkylation sites (N-methyl/N-ethyl adjacent to an activating group) is 1. The summed E-state index contributed by atoms with van der Waals surface area (Å²) < 4.78 is 0. The maximum atomic E-state index is 12.7. The van der Waals surface area contributed by atoms with Crippen molar-refractivity contribution < 1.29 is 9.59 Å². The first-order chi connectivity index (χ1) is 10.7. The predicted octanol–water partition coefficient (Wildman–Crippen LogP) is 1.94. The number of piperidine rings is 1. The Labute approximate surface area is 134 Å². The van der Waals surface area contributed by atoms with Gasteiger partial charge in [0.25, 0.3) is 5.91 Å². The van der Waals surface area contributed by atoms with E-state index in [2.05, 4.69) is 10.6 Å². The minimum atomic E-state index is 0.0177. The van der Waals surface area contributed by atoms with Crippen molar-refractivity contribution in [2.45, 2.75) is 30.2 Å². The van der Waals surface area contributed by atoms with E-state index in [-0.39, 0.29) is 11.8 Å². The van der Waals surface area contributed by atoms with Crippen LogP contribution in [0.2, 0.25) is 0 Å². The Morgan fingerprint density at radius 2 is 2.32 bits per heavy atom. The van der Waals surface area contributed by atoms with Crippen molar-refractivity contribution in [3.8, 4) is 0 Å². The van der Waals surface area contributed by atoms with Crippen LogP contribution in [0.1, 0.15) is 29.6 Å². The Hall–Kier alpha value is -1.53. The van der Waals surface area contributed by atoms with Gasteiger partial charge >= 0.3 is 0 Å². The summed E-state index contributed by atoms with van der Waals surface area (Å²) in [6.07, 6.45) is 2.64. The molecule has 5 nitrogen and oxygen atoms in total. The number of nitrogens with one attached hydrogen (secondary N) is 2. The number of amides is 2. The minimum Gasteiger partial charge on any atom is -0.337 e. The van der Waals surface area contributed by atoms with Crippen molar-refractivity contribution >= 4 is 29.3 Å². The summed E-state index contributed by atoms with van der Waals surface area (Å²) in [5, 5.41) is 6.15. The van der Waals surface area contributed by atoms with Gasteiger partial charge in [0, 0.05) is 41.8 Å². The molecule has 2 N–H and O–H groups in total. The van der Waals surface area contributed by atoms with Crippen molar-refractivity contribution in [1.29, 1.82) is 0 Å². The van der Waals surface area contributed by atoms with Gasteiger partial charge < -0.3 is 15.5 Å². The first-order valence-electron chi connectivity index (χ1n) is 7.70. The fourth-order valence-electron chi connectivity index (χ4n) is 2.93. The molecule has 0 bridgehead atoms. The number of fused-ring (bicyclic) bond motifs is 1. The van der Waals surface area contributed by atoms with Crippen LogP contribution in [0.15, 0.2) is 23.1 Å². The molecule has 1 unspecified atom stereocenters. The maximum absolute atomic E-state index is 12.7. The molecule has 1 fully saturated rings. The number of rotatable bonds is 2. The van der Waals surface area contributed by atoms with Crippen LogP contribution in [0.3, 0.4) is 0 Å². The van der Waals surface area contributed by atoms with Crippen LogP contribution < -0.4 is 10.6 Å². The number of carbonyl (C=O) groups excluding carboxylic acids is 2. The van der Waals surface area contributed by atoms with E-state index in [0.29, 0.717) is 18.0 Å². The third-order valence-corrected chi connectivity index (χ3v) is 5.28. The van der Waals surface area contributed by atoms with Crippen LogP contribution in [-0.4, -0.2) is 48.6 Å². The smallest absolute Gasteiger partial charge is 0.253 e. The molecular formula is C16H21N3O2S. The van der Waals surface area contributed by atoms with Gasteiger partial charge in [-0.1, -0.05) is 0 Å². The fourth-order valence-corrected chi connectivity index (χ4v) is 3.87. The van der Waals surface area contributed by atoms with Crippen LogP contribution in [0, 0.1) is 0 Å². The number of benzene rings is 1. The largest absolute Gasteiger partial charge is 0.337 e. The second kappa shape index (κ2) is 6.71. The molecule has 2 amide bonds. The molecule has 22 heavy (non-hydrogen) atoms. The van der Waals surface area contributed by atoms with Crippen molar-refractivity contribution in [1.82, 2.24) is 10.2 Å². The quantitative estimate of drug-likeness (QED) is 0.874. The highest BCUT2D eigenvalue weighted by molar-refractivity contribution is 7.99. The third kappa shape index (κ3) is 3.28. The Bertz CT molecular complexity index is 591. The first-order valence-corrected chi connectivity index (χ1v) is 8.69. The standard InChI is InChI=1S/C16H21N3O2S/c1-17-12-3-2-7-19(10-12)16(21)11-4-5-14-13(9-11)18-15(20)6-8-22-14/h4-5,9,12,17H,2-3,6-8,10H2,1H3,(H,18,20). The summed E-state index contributed by atoms with van der Waals surface area (Å²) in [6, 6.07) is 6.00. The summed E-state index contributed by atoms with van der Waals surface area (Å²) in [5.41, 5.74) is 1.42. The van der Waals surface area contributed by atoms with Crippen LogP contribution in [-0.2, 0) is 4.79 Å². The first kappa shape index (κ1) is 15.4. The summed E-state index contributed by atoms with van der Waals surface area (Å²) in [6.45, 7) is 1.54. The second-order valence-electron chi connectivity index (χ2n) is 5.74. The minimum absolute atomic E-state index is 0.0177. The molecule has 0 radical (unpaired) electrons. The molecule has 0 spiro atoms. The highest BCUT2D eigenvalue weighted by atomic mass is 32.2. The van der Waals surface area contributed by atoms with Crippen LogP contribution in [0.25, 0.3) is 0 Å². The predicted molar refractivity (Wildman–Crippen MR) is 88.4 cm³/mol. The molecule has 2 aliphatic heterocycles.